The first-order valence-electron chi connectivity index (χ1n) is 6.95. The van der Waals surface area contributed by atoms with E-state index in [0.29, 0.717) is 12.2 Å². The maximum atomic E-state index is 13.1. The molecule has 0 atom stereocenters. The van der Waals surface area contributed by atoms with Crippen molar-refractivity contribution in [3.8, 4) is 0 Å². The van der Waals surface area contributed by atoms with E-state index in [1.165, 1.54) is 6.07 Å². The van der Waals surface area contributed by atoms with Crippen molar-refractivity contribution in [1.82, 2.24) is 4.90 Å². The average Bonchev–Trinajstić information content (AvgIpc) is 2.41. The molecule has 21 heavy (non-hydrogen) atoms. The van der Waals surface area contributed by atoms with E-state index in [-0.39, 0.29) is 10.9 Å². The molecule has 0 saturated heterocycles. The zero-order valence-electron chi connectivity index (χ0n) is 12.7. The van der Waals surface area contributed by atoms with Crippen LogP contribution in [0.1, 0.15) is 24.5 Å². The van der Waals surface area contributed by atoms with Gasteiger partial charge in [0.2, 0.25) is 0 Å². The zero-order valence-corrected chi connectivity index (χ0v) is 14.3. The second-order valence-electron chi connectivity index (χ2n) is 5.26. The van der Waals surface area contributed by atoms with Crippen LogP contribution in [0.2, 0.25) is 0 Å². The van der Waals surface area contributed by atoms with Crippen molar-refractivity contribution in [2.45, 2.75) is 24.9 Å². The fraction of sp³-hybridized carbons (Fsp3) is 0.600. The van der Waals surface area contributed by atoms with Gasteiger partial charge in [0.05, 0.1) is 5.56 Å². The molecule has 0 spiro atoms. The number of halogens is 4. The highest BCUT2D eigenvalue weighted by atomic mass is 79.9. The monoisotopic (exact) mass is 366 g/mol. The van der Waals surface area contributed by atoms with Crippen molar-refractivity contribution >= 4 is 21.6 Å². The quantitative estimate of drug-likeness (QED) is 0.660. The number of hydrogen-bond donors (Lipinski definition) is 0. The second kappa shape index (κ2) is 8.03. The van der Waals surface area contributed by atoms with Gasteiger partial charge in [-0.1, -0.05) is 28.9 Å². The van der Waals surface area contributed by atoms with Gasteiger partial charge in [-0.25, -0.2) is 0 Å². The molecule has 0 aliphatic heterocycles. The summed E-state index contributed by atoms with van der Waals surface area (Å²) in [5, 5.41) is 0.202. The van der Waals surface area contributed by atoms with E-state index >= 15 is 0 Å². The topological polar surface area (TPSA) is 6.48 Å². The fourth-order valence-electron chi connectivity index (χ4n) is 2.10. The molecule has 2 nitrogen and oxygen atoms in total. The van der Waals surface area contributed by atoms with Gasteiger partial charge in [-0.2, -0.15) is 13.2 Å². The average molecular weight is 367 g/mol. The lowest BCUT2D eigenvalue weighted by Crippen LogP contribution is -2.32. The highest BCUT2D eigenvalue weighted by Gasteiger charge is 2.33. The van der Waals surface area contributed by atoms with Crippen LogP contribution in [0.5, 0.6) is 0 Å². The SMILES string of the molecule is CCCN(CCN(C)C)c1ccc(CBr)c(C(F)(F)F)c1. The number of likely N-dealkylation sites (N-methyl/N-ethyl adjacent to an activating group) is 1. The molecule has 0 radical (unpaired) electrons. The Hall–Kier alpha value is -0.750. The van der Waals surface area contributed by atoms with Crippen molar-refractivity contribution in [1.29, 1.82) is 0 Å². The highest BCUT2D eigenvalue weighted by Crippen LogP contribution is 2.35. The molecule has 0 aromatic heterocycles. The summed E-state index contributed by atoms with van der Waals surface area (Å²) in [5.41, 5.74) is 0.355. The summed E-state index contributed by atoms with van der Waals surface area (Å²) < 4.78 is 39.4. The Bertz CT molecular complexity index is 447. The van der Waals surface area contributed by atoms with Crippen molar-refractivity contribution in [3.05, 3.63) is 29.3 Å². The van der Waals surface area contributed by atoms with Gasteiger partial charge in [0.15, 0.2) is 0 Å². The van der Waals surface area contributed by atoms with E-state index < -0.39 is 11.7 Å². The molecule has 0 fully saturated rings. The lowest BCUT2D eigenvalue weighted by atomic mass is 10.1. The van der Waals surface area contributed by atoms with E-state index in [9.17, 15) is 13.2 Å². The maximum absolute atomic E-state index is 13.1. The smallest absolute Gasteiger partial charge is 0.370 e. The summed E-state index contributed by atoms with van der Waals surface area (Å²) >= 11 is 3.12. The van der Waals surface area contributed by atoms with Crippen LogP contribution in [-0.4, -0.2) is 38.6 Å². The van der Waals surface area contributed by atoms with Crippen molar-refractivity contribution < 1.29 is 13.2 Å². The lowest BCUT2D eigenvalue weighted by molar-refractivity contribution is -0.138. The van der Waals surface area contributed by atoms with E-state index in [0.717, 1.165) is 19.5 Å². The highest BCUT2D eigenvalue weighted by molar-refractivity contribution is 9.08. The van der Waals surface area contributed by atoms with Crippen LogP contribution in [-0.2, 0) is 11.5 Å². The Labute approximate surface area is 133 Å². The van der Waals surface area contributed by atoms with Gasteiger partial charge in [-0.15, -0.1) is 0 Å². The van der Waals surface area contributed by atoms with Crippen LogP contribution < -0.4 is 4.90 Å². The lowest BCUT2D eigenvalue weighted by Gasteiger charge is -2.27. The fourth-order valence-corrected chi connectivity index (χ4v) is 2.59. The largest absolute Gasteiger partial charge is 0.416 e. The summed E-state index contributed by atoms with van der Waals surface area (Å²) in [6.07, 6.45) is -3.42. The molecule has 1 rings (SSSR count). The predicted molar refractivity (Wildman–Crippen MR) is 85.1 cm³/mol. The normalized spacial score (nSPS) is 12.0. The molecule has 120 valence electrons. The van der Waals surface area contributed by atoms with Crippen molar-refractivity contribution in [3.63, 3.8) is 0 Å². The van der Waals surface area contributed by atoms with E-state index in [2.05, 4.69) is 15.9 Å². The Morgan fingerprint density at radius 3 is 2.24 bits per heavy atom. The van der Waals surface area contributed by atoms with Crippen LogP contribution in [0.3, 0.4) is 0 Å². The van der Waals surface area contributed by atoms with Gasteiger partial charge in [0, 0.05) is 30.7 Å². The second-order valence-corrected chi connectivity index (χ2v) is 5.82. The predicted octanol–water partition coefficient (Wildman–Crippen LogP) is 4.38. The molecule has 0 N–H and O–H groups in total. The molecule has 1 aromatic carbocycles. The molecule has 6 heteroatoms. The molecule has 0 bridgehead atoms. The first-order chi connectivity index (χ1) is 9.79. The molecular formula is C15H22BrF3N2. The Balaban J connectivity index is 3.08. The van der Waals surface area contributed by atoms with Gasteiger partial charge in [-0.3, -0.25) is 0 Å². The molecular weight excluding hydrogens is 345 g/mol. The van der Waals surface area contributed by atoms with Crippen LogP contribution in [0.4, 0.5) is 18.9 Å². The number of benzene rings is 1. The molecule has 0 amide bonds. The van der Waals surface area contributed by atoms with Crippen molar-refractivity contribution in [2.24, 2.45) is 0 Å². The third-order valence-corrected chi connectivity index (χ3v) is 3.82. The van der Waals surface area contributed by atoms with Gasteiger partial charge in [0.1, 0.15) is 0 Å². The van der Waals surface area contributed by atoms with Crippen molar-refractivity contribution in [2.75, 3.05) is 38.6 Å². The van der Waals surface area contributed by atoms with Crippen LogP contribution in [0.15, 0.2) is 18.2 Å². The molecule has 0 saturated carbocycles. The molecule has 0 aliphatic carbocycles. The number of nitrogens with zero attached hydrogens (tertiary/aromatic N) is 2. The summed E-state index contributed by atoms with van der Waals surface area (Å²) in [7, 11) is 3.92. The van der Waals surface area contributed by atoms with Gasteiger partial charge in [0.25, 0.3) is 0 Å². The first kappa shape index (κ1) is 18.3. The van der Waals surface area contributed by atoms with Crippen LogP contribution in [0, 0.1) is 0 Å². The number of hydrogen-bond acceptors (Lipinski definition) is 2. The molecule has 1 aromatic rings. The van der Waals surface area contributed by atoms with E-state index in [1.54, 1.807) is 12.1 Å². The van der Waals surface area contributed by atoms with Gasteiger partial charge in [-0.05, 0) is 38.2 Å². The van der Waals surface area contributed by atoms with Gasteiger partial charge < -0.3 is 9.80 Å². The third kappa shape index (κ3) is 5.51. The minimum absolute atomic E-state index is 0.202. The summed E-state index contributed by atoms with van der Waals surface area (Å²) in [5.74, 6) is 0. The third-order valence-electron chi connectivity index (χ3n) is 3.22. The Morgan fingerprint density at radius 2 is 1.76 bits per heavy atom. The number of rotatable bonds is 7. The summed E-state index contributed by atoms with van der Waals surface area (Å²) in [6, 6.07) is 4.60. The van der Waals surface area contributed by atoms with Gasteiger partial charge >= 0.3 is 6.18 Å². The summed E-state index contributed by atoms with van der Waals surface area (Å²) in [4.78, 5) is 4.04. The van der Waals surface area contributed by atoms with E-state index in [1.807, 2.05) is 30.8 Å². The van der Waals surface area contributed by atoms with E-state index in [4.69, 9.17) is 0 Å². The standard InChI is InChI=1S/C15H22BrF3N2/c1-4-7-21(9-8-20(2)3)13-6-5-12(11-16)14(10-13)15(17,18)19/h5-6,10H,4,7-9,11H2,1-3H3. The number of anilines is 1. The van der Waals surface area contributed by atoms with Crippen LogP contribution in [0.25, 0.3) is 0 Å². The molecule has 0 unspecified atom stereocenters. The maximum Gasteiger partial charge on any atom is 0.416 e. The number of alkyl halides is 4. The minimum atomic E-state index is -4.32. The first-order valence-corrected chi connectivity index (χ1v) is 8.07. The Kier molecular flexibility index (Phi) is 7.00. The zero-order chi connectivity index (χ0) is 16.0. The molecule has 0 aliphatic rings. The summed E-state index contributed by atoms with van der Waals surface area (Å²) in [6.45, 7) is 4.30. The Morgan fingerprint density at radius 1 is 1.10 bits per heavy atom. The van der Waals surface area contributed by atoms with Crippen LogP contribution >= 0.6 is 15.9 Å². The minimum Gasteiger partial charge on any atom is -0.370 e. The molecule has 0 heterocycles.